The molecule has 0 aromatic rings. The van der Waals surface area contributed by atoms with E-state index in [4.69, 9.17) is 24.7 Å². The standard InChI is InChI=1S/C15H22N2O7S/c1-7(2)22-15(20)24-8(3)23-14(19)11-9(5-21-4)6-25-13-10(16)12(18)17(11)13/h7-8,10,13H,5-6,16H2,1-4H3/t8?,10?,13-/m0/s1. The molecule has 2 N–H and O–H groups in total. The quantitative estimate of drug-likeness (QED) is 0.404. The fourth-order valence-corrected chi connectivity index (χ4v) is 3.71. The van der Waals surface area contributed by atoms with E-state index in [9.17, 15) is 14.4 Å². The molecule has 2 rings (SSSR count). The monoisotopic (exact) mass is 374 g/mol. The van der Waals surface area contributed by atoms with Gasteiger partial charge in [0.2, 0.25) is 12.2 Å². The molecule has 0 aromatic heterocycles. The Morgan fingerprint density at radius 3 is 2.56 bits per heavy atom. The predicted octanol–water partition coefficient (Wildman–Crippen LogP) is 0.580. The Balaban J connectivity index is 2.08. The summed E-state index contributed by atoms with van der Waals surface area (Å²) >= 11 is 1.46. The summed E-state index contributed by atoms with van der Waals surface area (Å²) in [6.07, 6.45) is -2.48. The van der Waals surface area contributed by atoms with Gasteiger partial charge in [0, 0.05) is 19.8 Å². The predicted molar refractivity (Wildman–Crippen MR) is 88.2 cm³/mol. The fraction of sp³-hybridized carbons (Fsp3) is 0.667. The zero-order valence-electron chi connectivity index (χ0n) is 14.5. The molecule has 0 saturated carbocycles. The highest BCUT2D eigenvalue weighted by Gasteiger charge is 2.52. The average molecular weight is 374 g/mol. The lowest BCUT2D eigenvalue weighted by molar-refractivity contribution is -0.169. The molecule has 2 aliphatic heterocycles. The average Bonchev–Trinajstić information content (AvgIpc) is 2.52. The molecule has 9 nitrogen and oxygen atoms in total. The van der Waals surface area contributed by atoms with Crippen LogP contribution in [0, 0.1) is 0 Å². The van der Waals surface area contributed by atoms with Gasteiger partial charge >= 0.3 is 12.1 Å². The summed E-state index contributed by atoms with van der Waals surface area (Å²) in [5.74, 6) is -0.640. The second-order valence-electron chi connectivity index (χ2n) is 5.83. The van der Waals surface area contributed by atoms with Crippen molar-refractivity contribution in [1.29, 1.82) is 0 Å². The van der Waals surface area contributed by atoms with Crippen LogP contribution in [-0.2, 0) is 28.5 Å². The number of thioether (sulfide) groups is 1. The number of carbonyl (C=O) groups is 3. The lowest BCUT2D eigenvalue weighted by Crippen LogP contribution is -2.68. The molecule has 140 valence electrons. The lowest BCUT2D eigenvalue weighted by atomic mass is 10.0. The van der Waals surface area contributed by atoms with Gasteiger partial charge in [0.25, 0.3) is 0 Å². The highest BCUT2D eigenvalue weighted by atomic mass is 32.2. The van der Waals surface area contributed by atoms with E-state index in [-0.39, 0.29) is 29.7 Å². The van der Waals surface area contributed by atoms with Gasteiger partial charge in [-0.15, -0.1) is 11.8 Å². The first-order valence-corrected chi connectivity index (χ1v) is 8.80. The van der Waals surface area contributed by atoms with Crippen LogP contribution in [0.2, 0.25) is 0 Å². The van der Waals surface area contributed by atoms with Crippen molar-refractivity contribution >= 4 is 29.8 Å². The van der Waals surface area contributed by atoms with Gasteiger partial charge in [-0.1, -0.05) is 0 Å². The minimum atomic E-state index is -1.17. The number of carbonyl (C=O) groups excluding carboxylic acids is 3. The number of rotatable bonds is 6. The van der Waals surface area contributed by atoms with Crippen LogP contribution >= 0.6 is 11.8 Å². The van der Waals surface area contributed by atoms with Crippen molar-refractivity contribution < 1.29 is 33.3 Å². The fourth-order valence-electron chi connectivity index (χ4n) is 2.44. The van der Waals surface area contributed by atoms with Gasteiger partial charge in [0.15, 0.2) is 0 Å². The molecule has 0 spiro atoms. The van der Waals surface area contributed by atoms with Gasteiger partial charge in [0.1, 0.15) is 17.1 Å². The Morgan fingerprint density at radius 1 is 1.28 bits per heavy atom. The van der Waals surface area contributed by atoms with Crippen LogP contribution in [0.1, 0.15) is 20.8 Å². The molecule has 1 saturated heterocycles. The lowest BCUT2D eigenvalue weighted by Gasteiger charge is -2.48. The zero-order chi connectivity index (χ0) is 18.7. The maximum Gasteiger partial charge on any atom is 0.511 e. The van der Waals surface area contributed by atoms with Crippen LogP contribution in [0.25, 0.3) is 0 Å². The Kier molecular flexibility index (Phi) is 6.31. The zero-order valence-corrected chi connectivity index (χ0v) is 15.3. The maximum absolute atomic E-state index is 12.5. The number of nitrogens with two attached hydrogens (primary N) is 1. The number of amides is 1. The van der Waals surface area contributed by atoms with E-state index >= 15 is 0 Å². The molecule has 2 heterocycles. The van der Waals surface area contributed by atoms with Gasteiger partial charge in [-0.05, 0) is 19.4 Å². The van der Waals surface area contributed by atoms with Crippen LogP contribution in [0.15, 0.2) is 11.3 Å². The van der Waals surface area contributed by atoms with E-state index in [2.05, 4.69) is 0 Å². The topological polar surface area (TPSA) is 117 Å². The minimum Gasteiger partial charge on any atom is -0.431 e. The first-order valence-electron chi connectivity index (χ1n) is 7.75. The number of nitrogens with zero attached hydrogens (tertiary/aromatic N) is 1. The largest absolute Gasteiger partial charge is 0.511 e. The number of hydrogen-bond acceptors (Lipinski definition) is 9. The van der Waals surface area contributed by atoms with Crippen molar-refractivity contribution in [2.45, 2.75) is 44.6 Å². The highest BCUT2D eigenvalue weighted by Crippen LogP contribution is 2.39. The Hall–Kier alpha value is -1.78. The molecule has 1 fully saturated rings. The second-order valence-corrected chi connectivity index (χ2v) is 6.93. The number of methoxy groups -OCH3 is 1. The Morgan fingerprint density at radius 2 is 1.96 bits per heavy atom. The smallest absolute Gasteiger partial charge is 0.431 e. The third-order valence-corrected chi connectivity index (χ3v) is 4.83. The van der Waals surface area contributed by atoms with Gasteiger partial charge in [-0.2, -0.15) is 0 Å². The van der Waals surface area contributed by atoms with Gasteiger partial charge < -0.3 is 24.7 Å². The van der Waals surface area contributed by atoms with Crippen molar-refractivity contribution in [1.82, 2.24) is 4.90 Å². The van der Waals surface area contributed by atoms with Crippen molar-refractivity contribution in [3.63, 3.8) is 0 Å². The molecule has 3 atom stereocenters. The van der Waals surface area contributed by atoms with Crippen molar-refractivity contribution in [3.05, 3.63) is 11.3 Å². The normalized spacial score (nSPS) is 23.8. The molecule has 2 aliphatic rings. The third kappa shape index (κ3) is 4.25. The van der Waals surface area contributed by atoms with Crippen LogP contribution in [0.3, 0.4) is 0 Å². The van der Waals surface area contributed by atoms with E-state index in [1.54, 1.807) is 13.8 Å². The minimum absolute atomic E-state index is 0.102. The molecular weight excluding hydrogens is 352 g/mol. The highest BCUT2D eigenvalue weighted by molar-refractivity contribution is 8.00. The van der Waals surface area contributed by atoms with E-state index in [1.165, 1.54) is 30.7 Å². The number of β-lactam (4-membered cyclic amide) rings is 1. The summed E-state index contributed by atoms with van der Waals surface area (Å²) in [6, 6.07) is -0.647. The molecule has 0 aromatic carbocycles. The summed E-state index contributed by atoms with van der Waals surface area (Å²) in [5, 5.41) is -0.308. The van der Waals surface area contributed by atoms with Gasteiger partial charge in [-0.25, -0.2) is 9.59 Å². The summed E-state index contributed by atoms with van der Waals surface area (Å²) in [4.78, 5) is 37.3. The summed E-state index contributed by atoms with van der Waals surface area (Å²) < 4.78 is 19.9. The van der Waals surface area contributed by atoms with E-state index in [0.717, 1.165) is 0 Å². The van der Waals surface area contributed by atoms with E-state index in [1.807, 2.05) is 0 Å². The number of esters is 1. The van der Waals surface area contributed by atoms with Crippen LogP contribution < -0.4 is 5.73 Å². The summed E-state index contributed by atoms with van der Waals surface area (Å²) in [7, 11) is 1.49. The molecule has 0 radical (unpaired) electrons. The van der Waals surface area contributed by atoms with Crippen LogP contribution in [-0.4, -0.2) is 66.2 Å². The Bertz CT molecular complexity index is 592. The molecule has 2 unspecified atom stereocenters. The number of ether oxygens (including phenoxy) is 4. The Labute approximate surface area is 149 Å². The van der Waals surface area contributed by atoms with Gasteiger partial charge in [-0.3, -0.25) is 9.69 Å². The molecular formula is C15H22N2O7S. The SMILES string of the molecule is COCC1=C(C(=O)OC(C)OC(=O)OC(C)C)N2C(=O)C(N)[C@@H]2SC1. The van der Waals surface area contributed by atoms with E-state index < -0.39 is 24.5 Å². The summed E-state index contributed by atoms with van der Waals surface area (Å²) in [6.45, 7) is 4.89. The van der Waals surface area contributed by atoms with Crippen LogP contribution in [0.5, 0.6) is 0 Å². The maximum atomic E-state index is 12.5. The van der Waals surface area contributed by atoms with Gasteiger partial charge in [0.05, 0.1) is 12.7 Å². The third-order valence-electron chi connectivity index (χ3n) is 3.47. The van der Waals surface area contributed by atoms with Crippen molar-refractivity contribution in [2.24, 2.45) is 5.73 Å². The first kappa shape index (κ1) is 19.5. The molecule has 10 heteroatoms. The number of hydrogen-bond donors (Lipinski definition) is 1. The molecule has 25 heavy (non-hydrogen) atoms. The summed E-state index contributed by atoms with van der Waals surface area (Å²) in [5.41, 5.74) is 6.49. The first-order chi connectivity index (χ1) is 11.8. The molecule has 0 aliphatic carbocycles. The molecule has 1 amide bonds. The molecule has 0 bridgehead atoms. The van der Waals surface area contributed by atoms with Crippen LogP contribution in [0.4, 0.5) is 4.79 Å². The van der Waals surface area contributed by atoms with E-state index in [0.29, 0.717) is 11.3 Å². The van der Waals surface area contributed by atoms with Crippen molar-refractivity contribution in [2.75, 3.05) is 19.5 Å². The van der Waals surface area contributed by atoms with Crippen molar-refractivity contribution in [3.8, 4) is 0 Å². The second kappa shape index (κ2) is 8.07. The number of fused-ring (bicyclic) bond motifs is 1.